The first-order valence-corrected chi connectivity index (χ1v) is 8.26. The van der Waals surface area contributed by atoms with Gasteiger partial charge in [0.05, 0.1) is 5.69 Å². The third-order valence-corrected chi connectivity index (χ3v) is 4.84. The lowest BCUT2D eigenvalue weighted by atomic mass is 10.0. The second-order valence-corrected chi connectivity index (χ2v) is 6.30. The zero-order chi connectivity index (χ0) is 14.5. The number of aromatic nitrogens is 2. The highest BCUT2D eigenvalue weighted by molar-refractivity contribution is 7.08. The lowest BCUT2D eigenvalue weighted by Crippen LogP contribution is -2.48. The van der Waals surface area contributed by atoms with E-state index in [-0.39, 0.29) is 5.91 Å². The van der Waals surface area contributed by atoms with Crippen LogP contribution in [0, 0.1) is 0 Å². The molecule has 1 aliphatic rings. The molecule has 6 heteroatoms. The Kier molecular flexibility index (Phi) is 5.48. The van der Waals surface area contributed by atoms with Gasteiger partial charge in [-0.1, -0.05) is 17.8 Å². The van der Waals surface area contributed by atoms with Crippen LogP contribution >= 0.6 is 11.5 Å². The van der Waals surface area contributed by atoms with Crippen LogP contribution in [0.25, 0.3) is 0 Å². The molecular formula is C14H24N4OS. The number of hydrogen-bond donors (Lipinski definition) is 1. The first kappa shape index (κ1) is 15.4. The lowest BCUT2D eigenvalue weighted by Gasteiger charge is -2.38. The van der Waals surface area contributed by atoms with E-state index in [2.05, 4.69) is 33.7 Å². The molecule has 0 spiro atoms. The number of amides is 1. The van der Waals surface area contributed by atoms with Gasteiger partial charge in [0, 0.05) is 18.6 Å². The third kappa shape index (κ3) is 3.55. The highest BCUT2D eigenvalue weighted by Crippen LogP contribution is 2.19. The molecule has 1 aliphatic heterocycles. The quantitative estimate of drug-likeness (QED) is 0.904. The number of hydrogen-bond acceptors (Lipinski definition) is 5. The second kappa shape index (κ2) is 7.13. The lowest BCUT2D eigenvalue weighted by molar-refractivity contribution is 0.0889. The molecule has 1 aromatic rings. The monoisotopic (exact) mass is 296 g/mol. The fraction of sp³-hybridized carbons (Fsp3) is 0.786. The molecule has 20 heavy (non-hydrogen) atoms. The van der Waals surface area contributed by atoms with Gasteiger partial charge in [0.15, 0.2) is 0 Å². The molecule has 1 saturated heterocycles. The molecule has 2 heterocycles. The molecule has 1 amide bonds. The molecule has 5 nitrogen and oxygen atoms in total. The molecule has 2 atom stereocenters. The van der Waals surface area contributed by atoms with Crippen molar-refractivity contribution in [3.8, 4) is 0 Å². The summed E-state index contributed by atoms with van der Waals surface area (Å²) in [6.45, 7) is 8.28. The van der Waals surface area contributed by atoms with Crippen LogP contribution < -0.4 is 5.32 Å². The topological polar surface area (TPSA) is 58.1 Å². The number of piperidine rings is 1. The van der Waals surface area contributed by atoms with Crippen LogP contribution in [-0.2, 0) is 6.42 Å². The number of carbonyl (C=O) groups excluding carboxylic acids is 1. The first-order valence-electron chi connectivity index (χ1n) is 7.48. The number of likely N-dealkylation sites (tertiary alicyclic amines) is 1. The predicted molar refractivity (Wildman–Crippen MR) is 81.1 cm³/mol. The van der Waals surface area contributed by atoms with Gasteiger partial charge in [-0.15, -0.1) is 5.10 Å². The molecule has 1 aromatic heterocycles. The maximum absolute atomic E-state index is 12.2. The molecule has 1 fully saturated rings. The van der Waals surface area contributed by atoms with Crippen LogP contribution in [0.1, 0.15) is 55.4 Å². The zero-order valence-electron chi connectivity index (χ0n) is 12.6. The summed E-state index contributed by atoms with van der Waals surface area (Å²) in [5, 5.41) is 7.01. The Hall–Kier alpha value is -1.01. The number of carbonyl (C=O) groups is 1. The Balaban J connectivity index is 1.86. The Bertz CT molecular complexity index is 448. The van der Waals surface area contributed by atoms with E-state index in [1.165, 1.54) is 30.8 Å². The summed E-state index contributed by atoms with van der Waals surface area (Å²) in [4.78, 5) is 15.3. The Morgan fingerprint density at radius 1 is 1.55 bits per heavy atom. The normalized spacial score (nSPS) is 21.6. The van der Waals surface area contributed by atoms with E-state index in [1.807, 2.05) is 6.92 Å². The molecule has 112 valence electrons. The van der Waals surface area contributed by atoms with E-state index >= 15 is 0 Å². The zero-order valence-corrected chi connectivity index (χ0v) is 13.4. The van der Waals surface area contributed by atoms with Crippen LogP contribution in [0.5, 0.6) is 0 Å². The van der Waals surface area contributed by atoms with Crippen molar-refractivity contribution in [2.45, 2.75) is 58.5 Å². The minimum atomic E-state index is -0.0339. The van der Waals surface area contributed by atoms with Crippen LogP contribution in [0.15, 0.2) is 0 Å². The number of rotatable bonds is 5. The standard InChI is InChI=1S/C14H24N4OS/c1-4-12-13(20-17-16-12)14(19)15-9-11(3)18-8-6-5-7-10(18)2/h10-11H,4-9H2,1-3H3,(H,15,19)/t10-,11-/m1/s1. The maximum Gasteiger partial charge on any atom is 0.265 e. The van der Waals surface area contributed by atoms with E-state index in [9.17, 15) is 4.79 Å². The molecule has 0 bridgehead atoms. The molecule has 1 N–H and O–H groups in total. The fourth-order valence-corrected chi connectivity index (χ4v) is 3.49. The Morgan fingerprint density at radius 2 is 2.35 bits per heavy atom. The summed E-state index contributed by atoms with van der Waals surface area (Å²) in [7, 11) is 0. The van der Waals surface area contributed by atoms with E-state index in [1.54, 1.807) is 0 Å². The summed E-state index contributed by atoms with van der Waals surface area (Å²) < 4.78 is 3.86. The number of nitrogens with zero attached hydrogens (tertiary/aromatic N) is 3. The largest absolute Gasteiger partial charge is 0.350 e. The summed E-state index contributed by atoms with van der Waals surface area (Å²) in [6, 6.07) is 0.993. The molecule has 0 radical (unpaired) electrons. The third-order valence-electron chi connectivity index (χ3n) is 4.08. The van der Waals surface area contributed by atoms with E-state index in [0.29, 0.717) is 23.5 Å². The second-order valence-electron chi connectivity index (χ2n) is 5.54. The van der Waals surface area contributed by atoms with Crippen LogP contribution in [0.2, 0.25) is 0 Å². The first-order chi connectivity index (χ1) is 9.63. The van der Waals surface area contributed by atoms with Gasteiger partial charge >= 0.3 is 0 Å². The van der Waals surface area contributed by atoms with Gasteiger partial charge < -0.3 is 5.32 Å². The SMILES string of the molecule is CCc1nnsc1C(=O)NC[C@@H](C)N1CCCC[C@H]1C. The molecule has 0 aliphatic carbocycles. The Morgan fingerprint density at radius 3 is 3.05 bits per heavy atom. The molecule has 0 aromatic carbocycles. The molecule has 2 rings (SSSR count). The summed E-state index contributed by atoms with van der Waals surface area (Å²) in [5.41, 5.74) is 0.798. The fourth-order valence-electron chi connectivity index (χ4n) is 2.83. The maximum atomic E-state index is 12.2. The number of aryl methyl sites for hydroxylation is 1. The van der Waals surface area contributed by atoms with Gasteiger partial charge in [0.1, 0.15) is 4.88 Å². The van der Waals surface area contributed by atoms with E-state index < -0.39 is 0 Å². The van der Waals surface area contributed by atoms with Crippen molar-refractivity contribution in [2.24, 2.45) is 0 Å². The predicted octanol–water partition coefficient (Wildman–Crippen LogP) is 2.09. The van der Waals surface area contributed by atoms with Crippen LogP contribution in [0.3, 0.4) is 0 Å². The smallest absolute Gasteiger partial charge is 0.265 e. The van der Waals surface area contributed by atoms with Crippen molar-refractivity contribution in [1.82, 2.24) is 19.8 Å². The number of nitrogens with one attached hydrogen (secondary N) is 1. The van der Waals surface area contributed by atoms with Crippen molar-refractivity contribution in [2.75, 3.05) is 13.1 Å². The van der Waals surface area contributed by atoms with Crippen LogP contribution in [0.4, 0.5) is 0 Å². The van der Waals surface area contributed by atoms with Gasteiger partial charge in [-0.25, -0.2) is 0 Å². The average Bonchev–Trinajstić information content (AvgIpc) is 2.93. The van der Waals surface area contributed by atoms with Crippen molar-refractivity contribution < 1.29 is 4.79 Å². The van der Waals surface area contributed by atoms with Gasteiger partial charge in [-0.2, -0.15) is 0 Å². The minimum Gasteiger partial charge on any atom is -0.350 e. The summed E-state index contributed by atoms with van der Waals surface area (Å²) in [5.74, 6) is -0.0339. The Labute approximate surface area is 124 Å². The van der Waals surface area contributed by atoms with E-state index in [4.69, 9.17) is 0 Å². The van der Waals surface area contributed by atoms with Crippen molar-refractivity contribution in [3.63, 3.8) is 0 Å². The van der Waals surface area contributed by atoms with Crippen molar-refractivity contribution in [1.29, 1.82) is 0 Å². The van der Waals surface area contributed by atoms with Crippen molar-refractivity contribution in [3.05, 3.63) is 10.6 Å². The van der Waals surface area contributed by atoms with Gasteiger partial charge in [0.2, 0.25) is 0 Å². The summed E-state index contributed by atoms with van der Waals surface area (Å²) in [6.07, 6.45) is 4.60. The highest BCUT2D eigenvalue weighted by Gasteiger charge is 2.24. The van der Waals surface area contributed by atoms with E-state index in [0.717, 1.165) is 18.7 Å². The summed E-state index contributed by atoms with van der Waals surface area (Å²) >= 11 is 1.18. The molecule has 0 saturated carbocycles. The molecule has 0 unspecified atom stereocenters. The van der Waals surface area contributed by atoms with Gasteiger partial charge in [0.25, 0.3) is 5.91 Å². The average molecular weight is 296 g/mol. The highest BCUT2D eigenvalue weighted by atomic mass is 32.1. The van der Waals surface area contributed by atoms with Crippen LogP contribution in [-0.4, -0.2) is 45.6 Å². The van der Waals surface area contributed by atoms with Gasteiger partial charge in [-0.05, 0) is 51.2 Å². The molecular weight excluding hydrogens is 272 g/mol. The van der Waals surface area contributed by atoms with Gasteiger partial charge in [-0.3, -0.25) is 9.69 Å². The van der Waals surface area contributed by atoms with Crippen molar-refractivity contribution >= 4 is 17.4 Å². The minimum absolute atomic E-state index is 0.0339.